The van der Waals surface area contributed by atoms with Gasteiger partial charge >= 0.3 is 0 Å². The molecular weight excluding hydrogens is 274 g/mol. The molecule has 3 rings (SSSR count). The molecule has 3 heteroatoms. The topological polar surface area (TPSA) is 38.3 Å². The molecule has 2 aromatic carbocycles. The summed E-state index contributed by atoms with van der Waals surface area (Å²) in [5, 5.41) is 2.99. The summed E-state index contributed by atoms with van der Waals surface area (Å²) in [5.41, 5.74) is 3.21. The lowest BCUT2D eigenvalue weighted by Crippen LogP contribution is -2.32. The zero-order valence-electron chi connectivity index (χ0n) is 13.0. The Morgan fingerprint density at radius 1 is 1.14 bits per heavy atom. The number of hydrogen-bond acceptors (Lipinski definition) is 2. The minimum Gasteiger partial charge on any atom is -0.492 e. The highest BCUT2D eigenvalue weighted by Crippen LogP contribution is 2.27. The van der Waals surface area contributed by atoms with E-state index in [2.05, 4.69) is 31.3 Å². The van der Waals surface area contributed by atoms with E-state index in [1.165, 1.54) is 5.56 Å². The first-order valence-electron chi connectivity index (χ1n) is 7.75. The third kappa shape index (κ3) is 3.14. The van der Waals surface area contributed by atoms with Crippen LogP contribution in [-0.2, 0) is 11.2 Å². The molecule has 0 spiro atoms. The molecule has 22 heavy (non-hydrogen) atoms. The van der Waals surface area contributed by atoms with Crippen LogP contribution in [0.15, 0.2) is 48.5 Å². The lowest BCUT2D eigenvalue weighted by molar-refractivity contribution is -0.121. The number of carbonyl (C=O) groups is 1. The van der Waals surface area contributed by atoms with Gasteiger partial charge in [-0.05, 0) is 41.7 Å². The van der Waals surface area contributed by atoms with Gasteiger partial charge < -0.3 is 10.1 Å². The van der Waals surface area contributed by atoms with Crippen LogP contribution < -0.4 is 10.1 Å². The number of fused-ring (bicyclic) bond motifs is 1. The number of amides is 1. The first-order chi connectivity index (χ1) is 10.6. The Labute approximate surface area is 131 Å². The molecule has 1 aliphatic rings. The highest BCUT2D eigenvalue weighted by molar-refractivity contribution is 5.93. The average Bonchev–Trinajstić information content (AvgIpc) is 2.55. The molecule has 1 heterocycles. The van der Waals surface area contributed by atoms with Crippen LogP contribution in [0, 0.1) is 5.92 Å². The second-order valence-electron chi connectivity index (χ2n) is 6.09. The molecule has 1 aliphatic heterocycles. The van der Waals surface area contributed by atoms with E-state index in [9.17, 15) is 4.79 Å². The minimum absolute atomic E-state index is 0.0202. The maximum Gasteiger partial charge on any atom is 0.231 e. The van der Waals surface area contributed by atoms with Gasteiger partial charge in [0.15, 0.2) is 0 Å². The third-order valence-corrected chi connectivity index (χ3v) is 4.09. The smallest absolute Gasteiger partial charge is 0.231 e. The molecule has 0 saturated carbocycles. The Morgan fingerprint density at radius 2 is 1.86 bits per heavy atom. The van der Waals surface area contributed by atoms with Gasteiger partial charge in [0, 0.05) is 5.69 Å². The van der Waals surface area contributed by atoms with Crippen LogP contribution >= 0.6 is 0 Å². The van der Waals surface area contributed by atoms with Crippen molar-refractivity contribution in [1.29, 1.82) is 0 Å². The van der Waals surface area contributed by atoms with Gasteiger partial charge in [0.05, 0.1) is 5.92 Å². The van der Waals surface area contributed by atoms with Crippen molar-refractivity contribution >= 4 is 11.6 Å². The first kappa shape index (κ1) is 14.6. The Balaban J connectivity index is 1.65. The van der Waals surface area contributed by atoms with Crippen molar-refractivity contribution < 1.29 is 9.53 Å². The van der Waals surface area contributed by atoms with E-state index < -0.39 is 0 Å². The number of ether oxygens (including phenoxy) is 1. The zero-order chi connectivity index (χ0) is 15.5. The van der Waals surface area contributed by atoms with Crippen LogP contribution in [0.4, 0.5) is 5.69 Å². The van der Waals surface area contributed by atoms with E-state index in [4.69, 9.17) is 4.74 Å². The second kappa shape index (κ2) is 6.22. The molecule has 0 radical (unpaired) electrons. The molecule has 114 valence electrons. The molecule has 2 aromatic rings. The summed E-state index contributed by atoms with van der Waals surface area (Å²) >= 11 is 0. The largest absolute Gasteiger partial charge is 0.492 e. The van der Waals surface area contributed by atoms with Gasteiger partial charge in [0.25, 0.3) is 0 Å². The fourth-order valence-electron chi connectivity index (χ4n) is 2.69. The number of para-hydroxylation sites is 1. The fourth-order valence-corrected chi connectivity index (χ4v) is 2.69. The van der Waals surface area contributed by atoms with E-state index in [1.54, 1.807) is 0 Å². The predicted molar refractivity (Wildman–Crippen MR) is 88.3 cm³/mol. The molecule has 1 atom stereocenters. The molecule has 0 aliphatic carbocycles. The average molecular weight is 295 g/mol. The van der Waals surface area contributed by atoms with Crippen molar-refractivity contribution in [2.24, 2.45) is 5.92 Å². The number of benzene rings is 2. The summed E-state index contributed by atoms with van der Waals surface area (Å²) < 4.78 is 5.68. The van der Waals surface area contributed by atoms with E-state index in [0.29, 0.717) is 12.5 Å². The summed E-state index contributed by atoms with van der Waals surface area (Å²) in [6.07, 6.45) is 0.728. The maximum absolute atomic E-state index is 12.4. The number of carbonyl (C=O) groups excluding carboxylic acids is 1. The SMILES string of the molecule is CC(C)c1ccc(NC(=O)[C@@H]2COc3ccccc3C2)cc1. The maximum atomic E-state index is 12.4. The van der Waals surface area contributed by atoms with Crippen LogP contribution in [-0.4, -0.2) is 12.5 Å². The van der Waals surface area contributed by atoms with Crippen LogP contribution in [0.1, 0.15) is 30.9 Å². The Morgan fingerprint density at radius 3 is 2.59 bits per heavy atom. The standard InChI is InChI=1S/C19H21NO2/c1-13(2)14-7-9-17(10-8-14)20-19(21)16-11-15-5-3-4-6-18(15)22-12-16/h3-10,13,16H,11-12H2,1-2H3,(H,20,21)/t16-/m0/s1. The monoisotopic (exact) mass is 295 g/mol. The van der Waals surface area contributed by atoms with Crippen molar-refractivity contribution in [1.82, 2.24) is 0 Å². The van der Waals surface area contributed by atoms with Crippen LogP contribution in [0.3, 0.4) is 0 Å². The minimum atomic E-state index is -0.139. The summed E-state index contributed by atoms with van der Waals surface area (Å²) in [6, 6.07) is 16.0. The Kier molecular flexibility index (Phi) is 4.14. The third-order valence-electron chi connectivity index (χ3n) is 4.09. The van der Waals surface area contributed by atoms with Crippen LogP contribution in [0.25, 0.3) is 0 Å². The highest BCUT2D eigenvalue weighted by atomic mass is 16.5. The number of nitrogens with one attached hydrogen (secondary N) is 1. The van der Waals surface area contributed by atoms with Crippen LogP contribution in [0.5, 0.6) is 5.75 Å². The number of rotatable bonds is 3. The molecule has 0 unspecified atom stereocenters. The summed E-state index contributed by atoms with van der Waals surface area (Å²) in [4.78, 5) is 12.4. The molecule has 3 nitrogen and oxygen atoms in total. The predicted octanol–water partition coefficient (Wildman–Crippen LogP) is 4.00. The molecule has 0 fully saturated rings. The van der Waals surface area contributed by atoms with E-state index >= 15 is 0 Å². The summed E-state index contributed by atoms with van der Waals surface area (Å²) in [7, 11) is 0. The lowest BCUT2D eigenvalue weighted by Gasteiger charge is -2.24. The van der Waals surface area contributed by atoms with Crippen molar-refractivity contribution in [3.63, 3.8) is 0 Å². The summed E-state index contributed by atoms with van der Waals surface area (Å²) in [5.74, 6) is 1.27. The van der Waals surface area contributed by atoms with Gasteiger partial charge in [-0.1, -0.05) is 44.2 Å². The molecule has 1 N–H and O–H groups in total. The molecule has 0 aromatic heterocycles. The van der Waals surface area contributed by atoms with Gasteiger partial charge in [-0.15, -0.1) is 0 Å². The fraction of sp³-hybridized carbons (Fsp3) is 0.316. The van der Waals surface area contributed by atoms with Gasteiger partial charge in [0.1, 0.15) is 12.4 Å². The lowest BCUT2D eigenvalue weighted by atomic mass is 9.96. The second-order valence-corrected chi connectivity index (χ2v) is 6.09. The zero-order valence-corrected chi connectivity index (χ0v) is 13.0. The van der Waals surface area contributed by atoms with Crippen molar-refractivity contribution in [2.75, 3.05) is 11.9 Å². The van der Waals surface area contributed by atoms with E-state index in [1.807, 2.05) is 36.4 Å². The van der Waals surface area contributed by atoms with Gasteiger partial charge in [-0.25, -0.2) is 0 Å². The Bertz CT molecular complexity index is 661. The number of anilines is 1. The molecule has 0 saturated heterocycles. The Hall–Kier alpha value is -2.29. The summed E-state index contributed by atoms with van der Waals surface area (Å²) in [6.45, 7) is 4.75. The van der Waals surface area contributed by atoms with Crippen molar-refractivity contribution in [3.8, 4) is 5.75 Å². The first-order valence-corrected chi connectivity index (χ1v) is 7.75. The van der Waals surface area contributed by atoms with Gasteiger partial charge in [-0.2, -0.15) is 0 Å². The normalized spacial score (nSPS) is 16.8. The highest BCUT2D eigenvalue weighted by Gasteiger charge is 2.25. The molecular formula is C19H21NO2. The van der Waals surface area contributed by atoms with Crippen LogP contribution in [0.2, 0.25) is 0 Å². The number of hydrogen-bond donors (Lipinski definition) is 1. The van der Waals surface area contributed by atoms with Gasteiger partial charge in [-0.3, -0.25) is 4.79 Å². The van der Waals surface area contributed by atoms with Crippen molar-refractivity contribution in [3.05, 3.63) is 59.7 Å². The van der Waals surface area contributed by atoms with E-state index in [-0.39, 0.29) is 11.8 Å². The van der Waals surface area contributed by atoms with Crippen molar-refractivity contribution in [2.45, 2.75) is 26.2 Å². The quantitative estimate of drug-likeness (QED) is 0.929. The molecule has 0 bridgehead atoms. The van der Waals surface area contributed by atoms with Gasteiger partial charge in [0.2, 0.25) is 5.91 Å². The van der Waals surface area contributed by atoms with E-state index in [0.717, 1.165) is 23.4 Å². The molecule has 1 amide bonds.